The monoisotopic (exact) mass is 285 g/mol. The lowest BCUT2D eigenvalue weighted by atomic mass is 10.2. The maximum absolute atomic E-state index is 10.8. The summed E-state index contributed by atoms with van der Waals surface area (Å²) in [7, 11) is 1.65. The Kier molecular flexibility index (Phi) is 8.07. The minimum Gasteiger partial charge on any atom is -0.460 e. The molecule has 0 aliphatic rings. The normalized spacial score (nSPS) is 10.2. The number of ether oxygens (including phenoxy) is 1. The largest absolute Gasteiger partial charge is 0.460 e. The van der Waals surface area contributed by atoms with Gasteiger partial charge in [-0.15, -0.1) is 11.3 Å². The number of hydrogen-bond donors (Lipinski definition) is 1. The maximum atomic E-state index is 10.8. The Morgan fingerprint density at radius 2 is 2.00 bits per heavy atom. The number of rotatable bonds is 3. The summed E-state index contributed by atoms with van der Waals surface area (Å²) >= 11 is 1.61. The van der Waals surface area contributed by atoms with E-state index in [1.165, 1.54) is 0 Å². The summed E-state index contributed by atoms with van der Waals surface area (Å²) in [5.74, 6) is -0.0649. The van der Waals surface area contributed by atoms with Gasteiger partial charge in [0, 0.05) is 18.3 Å². The molecule has 5 heteroatoms. The number of esters is 1. The maximum Gasteiger partial charge on any atom is 0.306 e. The third-order valence-electron chi connectivity index (χ3n) is 1.90. The predicted molar refractivity (Wildman–Crippen MR) is 78.2 cm³/mol. The molecule has 0 saturated carbocycles. The second-order valence-electron chi connectivity index (χ2n) is 4.87. The van der Waals surface area contributed by atoms with Gasteiger partial charge in [0.2, 0.25) is 5.91 Å². The molecule has 0 aromatic carbocycles. The minimum absolute atomic E-state index is 0.0717. The van der Waals surface area contributed by atoms with Gasteiger partial charge in [-0.05, 0) is 32.2 Å². The molecule has 1 aromatic rings. The number of carbonyl (C=O) groups is 2. The third kappa shape index (κ3) is 10.3. The number of thiophene rings is 1. The van der Waals surface area contributed by atoms with Gasteiger partial charge in [0.25, 0.3) is 0 Å². The average molecular weight is 285 g/mol. The van der Waals surface area contributed by atoms with E-state index in [9.17, 15) is 9.59 Å². The van der Waals surface area contributed by atoms with E-state index in [0.29, 0.717) is 12.8 Å². The second kappa shape index (κ2) is 8.69. The van der Waals surface area contributed by atoms with E-state index in [4.69, 9.17) is 4.74 Å². The van der Waals surface area contributed by atoms with Crippen molar-refractivity contribution < 1.29 is 14.3 Å². The second-order valence-corrected chi connectivity index (χ2v) is 5.90. The number of hydrogen-bond acceptors (Lipinski definition) is 4. The summed E-state index contributed by atoms with van der Waals surface area (Å²) in [6, 6.07) is 3.91. The van der Waals surface area contributed by atoms with E-state index in [1.54, 1.807) is 25.3 Å². The van der Waals surface area contributed by atoms with Gasteiger partial charge in [-0.25, -0.2) is 0 Å². The Morgan fingerprint density at radius 1 is 1.37 bits per heavy atom. The molecule has 0 fully saturated rings. The molecule has 1 aromatic heterocycles. The van der Waals surface area contributed by atoms with Crippen molar-refractivity contribution in [2.75, 3.05) is 7.05 Å². The van der Waals surface area contributed by atoms with Crippen LogP contribution in [0.25, 0.3) is 0 Å². The van der Waals surface area contributed by atoms with Crippen molar-refractivity contribution in [3.05, 3.63) is 22.4 Å². The van der Waals surface area contributed by atoms with E-state index in [0.717, 1.165) is 4.88 Å². The van der Waals surface area contributed by atoms with E-state index < -0.39 is 0 Å². The van der Waals surface area contributed by atoms with Crippen molar-refractivity contribution in [3.63, 3.8) is 0 Å². The van der Waals surface area contributed by atoms with Crippen molar-refractivity contribution in [2.45, 2.75) is 46.1 Å². The molecule has 1 heterocycles. The summed E-state index contributed by atoms with van der Waals surface area (Å²) in [6.45, 7) is 7.37. The molecule has 1 rings (SSSR count). The summed E-state index contributed by atoms with van der Waals surface area (Å²) < 4.78 is 4.95. The fourth-order valence-electron chi connectivity index (χ4n) is 1.07. The predicted octanol–water partition coefficient (Wildman–Crippen LogP) is 2.77. The highest BCUT2D eigenvalue weighted by molar-refractivity contribution is 7.10. The van der Waals surface area contributed by atoms with Gasteiger partial charge in [0.1, 0.15) is 5.60 Å². The molecule has 0 aliphatic heterocycles. The molecule has 108 valence electrons. The first kappa shape index (κ1) is 17.6. The molecule has 1 N–H and O–H groups in total. The highest BCUT2D eigenvalue weighted by Gasteiger charge is 2.13. The lowest BCUT2D eigenvalue weighted by molar-refractivity contribution is -0.154. The quantitative estimate of drug-likeness (QED) is 0.869. The summed E-state index contributed by atoms with van der Waals surface area (Å²) in [5, 5.41) is 4.54. The standard InChI is InChI=1S/C7H9NOS.C7H14O2/c1-8-7(9)5-6-3-2-4-10-6;1-5-6(8)9-7(2,3)4/h2-4H,5H2,1H3,(H,8,9);5H2,1-4H3. The van der Waals surface area contributed by atoms with Crippen molar-refractivity contribution in [2.24, 2.45) is 0 Å². The highest BCUT2D eigenvalue weighted by Crippen LogP contribution is 2.08. The topological polar surface area (TPSA) is 55.4 Å². The summed E-state index contributed by atoms with van der Waals surface area (Å²) in [4.78, 5) is 22.5. The van der Waals surface area contributed by atoms with Crippen LogP contribution in [0.2, 0.25) is 0 Å². The molecular formula is C14H23NO3S. The van der Waals surface area contributed by atoms with E-state index in [1.807, 2.05) is 38.3 Å². The number of amides is 1. The van der Waals surface area contributed by atoms with Crippen LogP contribution in [0.5, 0.6) is 0 Å². The third-order valence-corrected chi connectivity index (χ3v) is 2.78. The van der Waals surface area contributed by atoms with Gasteiger partial charge < -0.3 is 10.1 Å². The Labute approximate surface area is 119 Å². The first-order valence-corrected chi connectivity index (χ1v) is 7.11. The van der Waals surface area contributed by atoms with Gasteiger partial charge in [0.15, 0.2) is 0 Å². The van der Waals surface area contributed by atoms with Crippen LogP contribution >= 0.6 is 11.3 Å². The zero-order valence-electron chi connectivity index (χ0n) is 12.3. The average Bonchev–Trinajstić information content (AvgIpc) is 2.80. The van der Waals surface area contributed by atoms with Crippen LogP contribution in [-0.2, 0) is 20.7 Å². The van der Waals surface area contributed by atoms with E-state index in [2.05, 4.69) is 5.32 Å². The zero-order chi connectivity index (χ0) is 14.9. The molecule has 0 atom stereocenters. The fraction of sp³-hybridized carbons (Fsp3) is 0.571. The van der Waals surface area contributed by atoms with Gasteiger partial charge in [0.05, 0.1) is 6.42 Å². The van der Waals surface area contributed by atoms with Crippen LogP contribution in [-0.4, -0.2) is 24.5 Å². The Hall–Kier alpha value is -1.36. The van der Waals surface area contributed by atoms with E-state index in [-0.39, 0.29) is 17.5 Å². The van der Waals surface area contributed by atoms with Gasteiger partial charge in [-0.1, -0.05) is 13.0 Å². The van der Waals surface area contributed by atoms with Crippen LogP contribution in [0.15, 0.2) is 17.5 Å². The van der Waals surface area contributed by atoms with Gasteiger partial charge >= 0.3 is 5.97 Å². The Balaban J connectivity index is 0.000000344. The van der Waals surface area contributed by atoms with Crippen LogP contribution in [0.3, 0.4) is 0 Å². The summed E-state index contributed by atoms with van der Waals surface area (Å²) in [5.41, 5.74) is -0.326. The molecule has 19 heavy (non-hydrogen) atoms. The number of nitrogens with one attached hydrogen (secondary N) is 1. The Morgan fingerprint density at radius 3 is 2.32 bits per heavy atom. The lowest BCUT2D eigenvalue weighted by Crippen LogP contribution is -2.23. The molecular weight excluding hydrogens is 262 g/mol. The van der Waals surface area contributed by atoms with Crippen molar-refractivity contribution in [1.29, 1.82) is 0 Å². The van der Waals surface area contributed by atoms with Crippen LogP contribution in [0.4, 0.5) is 0 Å². The van der Waals surface area contributed by atoms with Crippen LogP contribution in [0.1, 0.15) is 39.0 Å². The fourth-order valence-corrected chi connectivity index (χ4v) is 1.78. The number of carbonyl (C=O) groups excluding carboxylic acids is 2. The molecule has 0 saturated heterocycles. The highest BCUT2D eigenvalue weighted by atomic mass is 32.1. The van der Waals surface area contributed by atoms with E-state index >= 15 is 0 Å². The molecule has 4 nitrogen and oxygen atoms in total. The first-order chi connectivity index (χ1) is 8.78. The molecule has 0 radical (unpaired) electrons. The molecule has 0 unspecified atom stereocenters. The zero-order valence-corrected chi connectivity index (χ0v) is 13.1. The van der Waals surface area contributed by atoms with Crippen LogP contribution < -0.4 is 5.32 Å². The van der Waals surface area contributed by atoms with Crippen molar-refractivity contribution in [3.8, 4) is 0 Å². The smallest absolute Gasteiger partial charge is 0.306 e. The van der Waals surface area contributed by atoms with Crippen molar-refractivity contribution >= 4 is 23.2 Å². The lowest BCUT2D eigenvalue weighted by Gasteiger charge is -2.18. The molecule has 0 bridgehead atoms. The first-order valence-electron chi connectivity index (χ1n) is 6.23. The molecule has 0 spiro atoms. The van der Waals surface area contributed by atoms with Crippen molar-refractivity contribution in [1.82, 2.24) is 5.32 Å². The minimum atomic E-state index is -0.326. The Bertz CT molecular complexity index is 380. The summed E-state index contributed by atoms with van der Waals surface area (Å²) in [6.07, 6.45) is 0.964. The van der Waals surface area contributed by atoms with Gasteiger partial charge in [-0.3, -0.25) is 9.59 Å². The van der Waals surface area contributed by atoms with Gasteiger partial charge in [-0.2, -0.15) is 0 Å². The number of likely N-dealkylation sites (N-methyl/N-ethyl adjacent to an activating group) is 1. The van der Waals surface area contributed by atoms with Crippen LogP contribution in [0, 0.1) is 0 Å². The SMILES string of the molecule is CCC(=O)OC(C)(C)C.CNC(=O)Cc1cccs1. The molecule has 0 aliphatic carbocycles. The molecule has 1 amide bonds.